The molecule has 1 aromatic carbocycles. The maximum atomic E-state index is 12.5. The van der Waals surface area contributed by atoms with Crippen molar-refractivity contribution in [3.05, 3.63) is 119 Å². The molecule has 2 atom stereocenters. The Hall–Kier alpha value is -2.96. The number of halogens is 2. The lowest BCUT2D eigenvalue weighted by Crippen LogP contribution is -2.40. The molecule has 7 heterocycles. The highest BCUT2D eigenvalue weighted by Gasteiger charge is 2.31. The van der Waals surface area contributed by atoms with Gasteiger partial charge in [-0.3, -0.25) is 15.0 Å². The molecule has 8 rings (SSSR count). The summed E-state index contributed by atoms with van der Waals surface area (Å²) in [6, 6.07) is 19.4. The number of sulfonamides is 1. The number of benzene rings is 1. The van der Waals surface area contributed by atoms with E-state index >= 15 is 0 Å². The lowest BCUT2D eigenvalue weighted by molar-refractivity contribution is 0.339. The summed E-state index contributed by atoms with van der Waals surface area (Å²) >= 11 is 11.2. The van der Waals surface area contributed by atoms with Crippen LogP contribution in [0.5, 0.6) is 0 Å². The van der Waals surface area contributed by atoms with Gasteiger partial charge in [0.1, 0.15) is 0 Å². The van der Waals surface area contributed by atoms with Crippen LogP contribution in [0, 0.1) is 12.8 Å². The Balaban J connectivity index is 0.000000131. The Labute approximate surface area is 288 Å². The molecule has 0 radical (unpaired) electrons. The number of hydrogen-bond donors (Lipinski definition) is 3. The van der Waals surface area contributed by atoms with Crippen LogP contribution in [0.1, 0.15) is 52.2 Å². The van der Waals surface area contributed by atoms with Crippen LogP contribution in [-0.2, 0) is 48.0 Å². The van der Waals surface area contributed by atoms with Crippen molar-refractivity contribution < 1.29 is 8.42 Å². The van der Waals surface area contributed by atoms with Crippen molar-refractivity contribution in [3.63, 3.8) is 0 Å². The lowest BCUT2D eigenvalue weighted by Gasteiger charge is -2.24. The minimum Gasteiger partial charge on any atom is -0.315 e. The molecule has 3 N–H and O–H groups in total. The molecule has 3 aromatic heterocycles. The van der Waals surface area contributed by atoms with Crippen molar-refractivity contribution >= 4 is 33.2 Å². The van der Waals surface area contributed by atoms with Crippen LogP contribution in [0.3, 0.4) is 0 Å². The summed E-state index contributed by atoms with van der Waals surface area (Å²) in [4.78, 5) is 12.8. The predicted octanol–water partition coefficient (Wildman–Crippen LogP) is 5.30. The average molecular weight is 697 g/mol. The van der Waals surface area contributed by atoms with Crippen molar-refractivity contribution in [2.24, 2.45) is 5.92 Å². The second kappa shape index (κ2) is 17.4. The van der Waals surface area contributed by atoms with E-state index in [1.54, 1.807) is 24.5 Å². The van der Waals surface area contributed by atoms with Gasteiger partial charge < -0.3 is 16.0 Å². The van der Waals surface area contributed by atoms with Gasteiger partial charge in [-0.05, 0) is 85.8 Å². The third-order valence-electron chi connectivity index (χ3n) is 8.66. The molecule has 2 saturated heterocycles. The summed E-state index contributed by atoms with van der Waals surface area (Å²) in [5, 5.41) is 10.1. The number of fused-ring (bicyclic) bond motifs is 3. The number of pyridine rings is 3. The molecule has 0 saturated carbocycles. The second-order valence-corrected chi connectivity index (χ2v) is 14.4. The van der Waals surface area contributed by atoms with Crippen LogP contribution in [-0.4, -0.2) is 53.4 Å². The molecule has 47 heavy (non-hydrogen) atoms. The second-order valence-electron chi connectivity index (χ2n) is 11.9. The van der Waals surface area contributed by atoms with Crippen LogP contribution >= 0.6 is 23.2 Å². The maximum Gasteiger partial charge on any atom is 0.243 e. The Morgan fingerprint density at radius 2 is 1.53 bits per heavy atom. The number of hydrogen-bond acceptors (Lipinski definition) is 8. The molecule has 4 aromatic rings. The number of alkyl halides is 2. The van der Waals surface area contributed by atoms with Crippen LogP contribution in [0.2, 0.25) is 0 Å². The zero-order valence-electron chi connectivity index (χ0n) is 26.7. The SMILES string of the molecule is C1CN[C@H]2CNC[C@H]2C1.Cc1ccc(S(=O)(=O)N2Cc3cccnc3C2)cc1.ClCc1cccnc1CCl.c1cnc2c(c1)CNC2. The Bertz CT molecular complexity index is 1610. The van der Waals surface area contributed by atoms with Gasteiger partial charge in [0.15, 0.2) is 0 Å². The Morgan fingerprint density at radius 3 is 2.21 bits per heavy atom. The molecule has 0 unspecified atom stereocenters. The molecule has 250 valence electrons. The summed E-state index contributed by atoms with van der Waals surface area (Å²) < 4.78 is 26.5. The molecule has 2 fully saturated rings. The van der Waals surface area contributed by atoms with Gasteiger partial charge in [-0.15, -0.1) is 23.2 Å². The van der Waals surface area contributed by atoms with Gasteiger partial charge in [0, 0.05) is 56.7 Å². The van der Waals surface area contributed by atoms with Gasteiger partial charge in [-0.2, -0.15) is 4.31 Å². The van der Waals surface area contributed by atoms with Crippen LogP contribution in [0.4, 0.5) is 0 Å². The molecule has 0 amide bonds. The number of piperidine rings is 1. The van der Waals surface area contributed by atoms with E-state index in [-0.39, 0.29) is 0 Å². The molecule has 12 heteroatoms. The minimum atomic E-state index is -3.43. The van der Waals surface area contributed by atoms with E-state index in [9.17, 15) is 8.42 Å². The van der Waals surface area contributed by atoms with Crippen LogP contribution < -0.4 is 16.0 Å². The number of rotatable bonds is 4. The molecule has 9 nitrogen and oxygen atoms in total. The third kappa shape index (κ3) is 9.57. The first kappa shape index (κ1) is 35.3. The average Bonchev–Trinajstić information content (AvgIpc) is 3.89. The summed E-state index contributed by atoms with van der Waals surface area (Å²) in [6.45, 7) is 8.31. The number of aryl methyl sites for hydroxylation is 1. The van der Waals surface area contributed by atoms with E-state index in [4.69, 9.17) is 23.2 Å². The first-order chi connectivity index (χ1) is 22.9. The van der Waals surface area contributed by atoms with Gasteiger partial charge in [0.05, 0.1) is 34.4 Å². The number of aromatic nitrogens is 3. The topological polar surface area (TPSA) is 112 Å². The molecular weight excluding hydrogens is 653 g/mol. The van der Waals surface area contributed by atoms with E-state index in [2.05, 4.69) is 37.0 Å². The first-order valence-electron chi connectivity index (χ1n) is 16.0. The fourth-order valence-electron chi connectivity index (χ4n) is 5.95. The molecule has 0 bridgehead atoms. The number of nitrogens with one attached hydrogen (secondary N) is 3. The van der Waals surface area contributed by atoms with Crippen molar-refractivity contribution in [2.45, 2.75) is 68.6 Å². The van der Waals surface area contributed by atoms with Gasteiger partial charge in [-0.1, -0.05) is 35.9 Å². The van der Waals surface area contributed by atoms with E-state index in [0.29, 0.717) is 29.7 Å². The highest BCUT2D eigenvalue weighted by atomic mass is 35.5. The smallest absolute Gasteiger partial charge is 0.243 e. The Kier molecular flexibility index (Phi) is 13.1. The Morgan fingerprint density at radius 1 is 0.809 bits per heavy atom. The standard InChI is InChI=1S/C14H14N2O2S.C7H7Cl2N.C7H14N2.C7H8N2/c1-11-4-6-13(7-5-11)19(17,18)16-9-12-3-2-8-15-14(12)10-16;8-4-6-2-1-3-10-7(6)5-9;2*1-2-6-4-8-5-7(6)9-3-1/h2-8H,9-10H2,1H3;1-3H,4-5H2;6-9H,1-5H2;1-3,8H,4-5H2/t;;6-,7+;/m..1./s1. The van der Waals surface area contributed by atoms with E-state index in [1.165, 1.54) is 48.0 Å². The van der Waals surface area contributed by atoms with Crippen LogP contribution in [0.25, 0.3) is 0 Å². The number of nitrogens with zero attached hydrogens (tertiary/aromatic N) is 4. The molecule has 4 aliphatic rings. The maximum absolute atomic E-state index is 12.5. The fourth-order valence-corrected chi connectivity index (χ4v) is 7.81. The normalized spacial score (nSPS) is 19.5. The highest BCUT2D eigenvalue weighted by Crippen LogP contribution is 2.27. The summed E-state index contributed by atoms with van der Waals surface area (Å²) in [5.41, 5.74) is 7.31. The summed E-state index contributed by atoms with van der Waals surface area (Å²) in [7, 11) is -3.43. The summed E-state index contributed by atoms with van der Waals surface area (Å²) in [5.74, 6) is 1.86. The van der Waals surface area contributed by atoms with E-state index in [1.807, 2.05) is 55.6 Å². The molecular formula is C35H43Cl2N7O2S. The lowest BCUT2D eigenvalue weighted by atomic mass is 9.94. The zero-order chi connectivity index (χ0) is 33.1. The van der Waals surface area contributed by atoms with Crippen molar-refractivity contribution in [1.82, 2.24) is 35.2 Å². The molecule has 4 aliphatic heterocycles. The van der Waals surface area contributed by atoms with E-state index < -0.39 is 10.0 Å². The molecule has 0 aliphatic carbocycles. The van der Waals surface area contributed by atoms with Crippen molar-refractivity contribution in [3.8, 4) is 0 Å². The quantitative estimate of drug-likeness (QED) is 0.247. The van der Waals surface area contributed by atoms with Crippen molar-refractivity contribution in [1.29, 1.82) is 0 Å². The van der Waals surface area contributed by atoms with Gasteiger partial charge in [-0.25, -0.2) is 8.42 Å². The predicted molar refractivity (Wildman–Crippen MR) is 187 cm³/mol. The summed E-state index contributed by atoms with van der Waals surface area (Å²) in [6.07, 6.45) is 8.06. The van der Waals surface area contributed by atoms with Gasteiger partial charge in [0.25, 0.3) is 0 Å². The van der Waals surface area contributed by atoms with Crippen LogP contribution in [0.15, 0.2) is 84.1 Å². The first-order valence-corrected chi connectivity index (χ1v) is 18.5. The van der Waals surface area contributed by atoms with Crippen molar-refractivity contribution in [2.75, 3.05) is 19.6 Å². The fraction of sp³-hybridized carbons (Fsp3) is 0.400. The van der Waals surface area contributed by atoms with Gasteiger partial charge in [0.2, 0.25) is 10.0 Å². The monoisotopic (exact) mass is 695 g/mol. The minimum absolute atomic E-state index is 0.339. The third-order valence-corrected chi connectivity index (χ3v) is 11.0. The van der Waals surface area contributed by atoms with Gasteiger partial charge >= 0.3 is 0 Å². The zero-order valence-corrected chi connectivity index (χ0v) is 29.0. The largest absolute Gasteiger partial charge is 0.315 e. The highest BCUT2D eigenvalue weighted by molar-refractivity contribution is 7.89. The van der Waals surface area contributed by atoms with E-state index in [0.717, 1.165) is 53.1 Å². The molecule has 0 spiro atoms.